The number of carboxylic acids is 1. The van der Waals surface area contributed by atoms with Crippen molar-refractivity contribution in [1.29, 1.82) is 0 Å². The highest BCUT2D eigenvalue weighted by Gasteiger charge is 2.33. The average molecular weight is 345 g/mol. The molecule has 0 radical (unpaired) electrons. The van der Waals surface area contributed by atoms with Crippen LogP contribution in [0.2, 0.25) is 0 Å². The van der Waals surface area contributed by atoms with E-state index >= 15 is 0 Å². The van der Waals surface area contributed by atoms with Crippen LogP contribution in [-0.4, -0.2) is 29.6 Å². The molecular weight excluding hydrogens is 328 g/mol. The van der Waals surface area contributed by atoms with Crippen LogP contribution < -0.4 is 15.8 Å². The van der Waals surface area contributed by atoms with Crippen LogP contribution in [0, 0.1) is 0 Å². The minimum Gasteiger partial charge on any atom is -0.496 e. The van der Waals surface area contributed by atoms with E-state index in [9.17, 15) is 14.7 Å². The normalized spacial score (nSPS) is 13.4. The zero-order valence-electron chi connectivity index (χ0n) is 11.5. The molecule has 0 aliphatic carbocycles. The lowest BCUT2D eigenvalue weighted by Gasteiger charge is -2.25. The number of nitrogens with two attached hydrogens (primary N) is 1. The third-order valence-electron chi connectivity index (χ3n) is 3.13. The Bertz CT molecular complexity index is 547. The van der Waals surface area contributed by atoms with E-state index in [1.54, 1.807) is 6.92 Å². The Hall–Kier alpha value is -1.76. The highest BCUT2D eigenvalue weighted by Crippen LogP contribution is 2.29. The molecule has 1 amide bonds. The maximum atomic E-state index is 12.3. The van der Waals surface area contributed by atoms with Crippen LogP contribution >= 0.6 is 15.9 Å². The van der Waals surface area contributed by atoms with Gasteiger partial charge in [0.1, 0.15) is 11.3 Å². The average Bonchev–Trinajstić information content (AvgIpc) is 2.40. The second-order valence-electron chi connectivity index (χ2n) is 4.52. The molecule has 7 heteroatoms. The summed E-state index contributed by atoms with van der Waals surface area (Å²) in [6, 6.07) is 3.00. The van der Waals surface area contributed by atoms with Crippen LogP contribution in [0.25, 0.3) is 0 Å². The molecule has 0 aliphatic heterocycles. The van der Waals surface area contributed by atoms with Crippen LogP contribution in [0.1, 0.15) is 30.6 Å². The number of carboxylic acid groups (broad SMARTS) is 1. The summed E-state index contributed by atoms with van der Waals surface area (Å²) in [7, 11) is 1.41. The van der Waals surface area contributed by atoms with Crippen molar-refractivity contribution in [1.82, 2.24) is 5.32 Å². The van der Waals surface area contributed by atoms with Crippen LogP contribution in [0.3, 0.4) is 0 Å². The molecule has 1 atom stereocenters. The van der Waals surface area contributed by atoms with Crippen molar-refractivity contribution in [3.05, 3.63) is 22.2 Å². The number of ether oxygens (including phenoxy) is 1. The number of hydrogen-bond acceptors (Lipinski definition) is 4. The molecule has 0 bridgehead atoms. The standard InChI is InChI=1S/C13H17BrN2O4/c1-4-13(2,12(18)19)16-11(17)7-5-8(14)9(15)6-10(7)20-3/h5-6H,4,15H2,1-3H3,(H,16,17)(H,18,19)/t13-/m1/s1. The van der Waals surface area contributed by atoms with Gasteiger partial charge in [-0.1, -0.05) is 6.92 Å². The van der Waals surface area contributed by atoms with Gasteiger partial charge in [0.05, 0.1) is 12.7 Å². The zero-order valence-corrected chi connectivity index (χ0v) is 13.1. The van der Waals surface area contributed by atoms with E-state index in [1.807, 2.05) is 0 Å². The van der Waals surface area contributed by atoms with Gasteiger partial charge in [0.2, 0.25) is 0 Å². The van der Waals surface area contributed by atoms with Crippen molar-refractivity contribution in [2.45, 2.75) is 25.8 Å². The Morgan fingerprint density at radius 2 is 2.10 bits per heavy atom. The maximum absolute atomic E-state index is 12.3. The number of nitrogen functional groups attached to an aromatic ring is 1. The predicted octanol–water partition coefficient (Wildman–Crippen LogP) is 2.02. The molecule has 6 nitrogen and oxygen atoms in total. The molecular formula is C13H17BrN2O4. The van der Waals surface area contributed by atoms with Crippen molar-refractivity contribution < 1.29 is 19.4 Å². The van der Waals surface area contributed by atoms with Gasteiger partial charge >= 0.3 is 5.97 Å². The van der Waals surface area contributed by atoms with E-state index in [2.05, 4.69) is 21.2 Å². The predicted molar refractivity (Wildman–Crippen MR) is 78.9 cm³/mol. The van der Waals surface area contributed by atoms with Crippen molar-refractivity contribution in [2.75, 3.05) is 12.8 Å². The fraction of sp³-hybridized carbons (Fsp3) is 0.385. The molecule has 1 aromatic rings. The molecule has 0 spiro atoms. The van der Waals surface area contributed by atoms with Gasteiger partial charge in [-0.25, -0.2) is 4.79 Å². The third-order valence-corrected chi connectivity index (χ3v) is 3.82. The Morgan fingerprint density at radius 3 is 2.55 bits per heavy atom. The Labute approximate surface area is 125 Å². The van der Waals surface area contributed by atoms with E-state index in [1.165, 1.54) is 26.2 Å². The van der Waals surface area contributed by atoms with E-state index < -0.39 is 17.4 Å². The number of carbonyl (C=O) groups excluding carboxylic acids is 1. The van der Waals surface area contributed by atoms with Gasteiger partial charge in [-0.3, -0.25) is 4.79 Å². The minimum absolute atomic E-state index is 0.217. The van der Waals surface area contributed by atoms with Crippen molar-refractivity contribution in [3.8, 4) is 5.75 Å². The smallest absolute Gasteiger partial charge is 0.329 e. The van der Waals surface area contributed by atoms with Gasteiger partial charge in [-0.05, 0) is 35.3 Å². The monoisotopic (exact) mass is 344 g/mol. The number of anilines is 1. The third kappa shape index (κ3) is 3.22. The number of benzene rings is 1. The first-order valence-electron chi connectivity index (χ1n) is 5.94. The van der Waals surface area contributed by atoms with Gasteiger partial charge in [0.25, 0.3) is 5.91 Å². The quantitative estimate of drug-likeness (QED) is 0.709. The number of rotatable bonds is 5. The second-order valence-corrected chi connectivity index (χ2v) is 5.37. The molecule has 0 aliphatic rings. The first kappa shape index (κ1) is 16.3. The number of amides is 1. The number of aliphatic carboxylic acids is 1. The molecule has 0 unspecified atom stereocenters. The second kappa shape index (κ2) is 6.13. The summed E-state index contributed by atoms with van der Waals surface area (Å²) in [6.07, 6.45) is 0.256. The molecule has 4 N–H and O–H groups in total. The Morgan fingerprint density at radius 1 is 1.50 bits per heavy atom. The lowest BCUT2D eigenvalue weighted by molar-refractivity contribution is -0.143. The number of nitrogens with one attached hydrogen (secondary N) is 1. The van der Waals surface area contributed by atoms with Crippen molar-refractivity contribution in [3.63, 3.8) is 0 Å². The highest BCUT2D eigenvalue weighted by atomic mass is 79.9. The molecule has 0 heterocycles. The molecule has 20 heavy (non-hydrogen) atoms. The summed E-state index contributed by atoms with van der Waals surface area (Å²) < 4.78 is 5.64. The van der Waals surface area contributed by atoms with Crippen LogP contribution in [-0.2, 0) is 4.79 Å². The van der Waals surface area contributed by atoms with Crippen molar-refractivity contribution in [2.24, 2.45) is 0 Å². The SMILES string of the molecule is CC[C@@](C)(NC(=O)c1cc(Br)c(N)cc1OC)C(=O)O. The van der Waals surface area contributed by atoms with Crippen LogP contribution in [0.15, 0.2) is 16.6 Å². The topological polar surface area (TPSA) is 102 Å². The van der Waals surface area contributed by atoms with Crippen molar-refractivity contribution >= 4 is 33.5 Å². The summed E-state index contributed by atoms with van der Waals surface area (Å²) in [5.74, 6) is -1.34. The zero-order chi connectivity index (χ0) is 15.5. The van der Waals surface area contributed by atoms with Crippen LogP contribution in [0.5, 0.6) is 5.75 Å². The summed E-state index contributed by atoms with van der Waals surface area (Å²) in [4.78, 5) is 23.5. The van der Waals surface area contributed by atoms with E-state index in [-0.39, 0.29) is 17.7 Å². The van der Waals surface area contributed by atoms with Gasteiger partial charge in [0.15, 0.2) is 0 Å². The van der Waals surface area contributed by atoms with Gasteiger partial charge in [-0.15, -0.1) is 0 Å². The molecule has 1 rings (SSSR count). The lowest BCUT2D eigenvalue weighted by atomic mass is 9.98. The highest BCUT2D eigenvalue weighted by molar-refractivity contribution is 9.10. The summed E-state index contributed by atoms with van der Waals surface area (Å²) in [6.45, 7) is 3.14. The molecule has 110 valence electrons. The lowest BCUT2D eigenvalue weighted by Crippen LogP contribution is -2.51. The molecule has 0 saturated carbocycles. The molecule has 1 aromatic carbocycles. The van der Waals surface area contributed by atoms with Gasteiger partial charge in [0, 0.05) is 16.2 Å². The summed E-state index contributed by atoms with van der Waals surface area (Å²) in [5.41, 5.74) is 5.02. The largest absolute Gasteiger partial charge is 0.496 e. The van der Waals surface area contributed by atoms with Crippen LogP contribution in [0.4, 0.5) is 5.69 Å². The van der Waals surface area contributed by atoms with E-state index in [0.29, 0.717) is 10.2 Å². The van der Waals surface area contributed by atoms with Gasteiger partial charge in [-0.2, -0.15) is 0 Å². The minimum atomic E-state index is -1.34. The maximum Gasteiger partial charge on any atom is 0.329 e. The number of halogens is 1. The molecule has 0 saturated heterocycles. The van der Waals surface area contributed by atoms with E-state index in [4.69, 9.17) is 10.5 Å². The first-order valence-corrected chi connectivity index (χ1v) is 6.73. The molecule has 0 fully saturated rings. The Kier molecular flexibility index (Phi) is 4.99. The number of hydrogen-bond donors (Lipinski definition) is 3. The van der Waals surface area contributed by atoms with E-state index in [0.717, 1.165) is 0 Å². The summed E-state index contributed by atoms with van der Waals surface area (Å²) in [5, 5.41) is 11.7. The summed E-state index contributed by atoms with van der Waals surface area (Å²) >= 11 is 3.23. The Balaban J connectivity index is 3.15. The fourth-order valence-electron chi connectivity index (χ4n) is 1.53. The first-order chi connectivity index (χ1) is 9.25. The number of methoxy groups -OCH3 is 1. The van der Waals surface area contributed by atoms with Gasteiger partial charge < -0.3 is 20.9 Å². The number of carbonyl (C=O) groups is 2. The molecule has 0 aromatic heterocycles. The fourth-order valence-corrected chi connectivity index (χ4v) is 1.87.